The molecule has 0 spiro atoms. The largest absolute Gasteiger partial charge is 0.464 e. The predicted octanol–water partition coefficient (Wildman–Crippen LogP) is 3.92. The van der Waals surface area contributed by atoms with Crippen molar-refractivity contribution in [3.63, 3.8) is 0 Å². The van der Waals surface area contributed by atoms with Crippen LogP contribution in [-0.4, -0.2) is 11.7 Å². The van der Waals surface area contributed by atoms with E-state index in [-0.39, 0.29) is 11.7 Å². The van der Waals surface area contributed by atoms with Gasteiger partial charge in [-0.3, -0.25) is 10.8 Å². The fourth-order valence-electron chi connectivity index (χ4n) is 2.89. The van der Waals surface area contributed by atoms with E-state index in [0.29, 0.717) is 22.6 Å². The Morgan fingerprint density at radius 1 is 0.731 bits per heavy atom. The van der Waals surface area contributed by atoms with Crippen LogP contribution < -0.4 is 11.5 Å². The van der Waals surface area contributed by atoms with Gasteiger partial charge >= 0.3 is 0 Å². The normalized spacial score (nSPS) is 11.5. The SMILES string of the molecule is N=C(N)c1ccc2c(C=Cc3occ4cc(C(=N)N)ccc34)occ2c1. The third kappa shape index (κ3) is 2.63. The van der Waals surface area contributed by atoms with E-state index >= 15 is 0 Å². The lowest BCUT2D eigenvalue weighted by molar-refractivity contribution is 0.558. The molecule has 2 aromatic carbocycles. The van der Waals surface area contributed by atoms with Gasteiger partial charge in [-0.2, -0.15) is 0 Å². The molecule has 0 aliphatic heterocycles. The number of fused-ring (bicyclic) bond motifs is 2. The lowest BCUT2D eigenvalue weighted by atomic mass is 10.1. The summed E-state index contributed by atoms with van der Waals surface area (Å²) < 4.78 is 11.3. The molecule has 0 unspecified atom stereocenters. The topological polar surface area (TPSA) is 126 Å². The molecule has 0 atom stereocenters. The summed E-state index contributed by atoms with van der Waals surface area (Å²) in [5, 5.41) is 18.6. The minimum absolute atomic E-state index is 0.0252. The van der Waals surface area contributed by atoms with Crippen molar-refractivity contribution in [2.75, 3.05) is 0 Å². The van der Waals surface area contributed by atoms with Gasteiger partial charge in [-0.25, -0.2) is 0 Å². The van der Waals surface area contributed by atoms with Crippen molar-refractivity contribution >= 4 is 45.4 Å². The third-order valence-electron chi connectivity index (χ3n) is 4.27. The van der Waals surface area contributed by atoms with Crippen LogP contribution in [0.15, 0.2) is 57.8 Å². The third-order valence-corrected chi connectivity index (χ3v) is 4.27. The van der Waals surface area contributed by atoms with Crippen molar-refractivity contribution in [1.29, 1.82) is 10.8 Å². The minimum atomic E-state index is 0.0252. The molecule has 4 aromatic rings. The summed E-state index contributed by atoms with van der Waals surface area (Å²) >= 11 is 0. The number of rotatable bonds is 4. The molecule has 2 heterocycles. The van der Waals surface area contributed by atoms with Crippen molar-refractivity contribution in [2.45, 2.75) is 0 Å². The summed E-state index contributed by atoms with van der Waals surface area (Å²) in [4.78, 5) is 0. The van der Waals surface area contributed by atoms with E-state index in [0.717, 1.165) is 21.5 Å². The summed E-state index contributed by atoms with van der Waals surface area (Å²) in [7, 11) is 0. The zero-order valence-electron chi connectivity index (χ0n) is 13.7. The first-order chi connectivity index (χ1) is 12.5. The first-order valence-corrected chi connectivity index (χ1v) is 7.92. The Hall–Kier alpha value is -3.80. The van der Waals surface area contributed by atoms with Crippen molar-refractivity contribution in [1.82, 2.24) is 0 Å². The molecule has 6 nitrogen and oxygen atoms in total. The van der Waals surface area contributed by atoms with Gasteiger partial charge in [-0.05, 0) is 36.4 Å². The monoisotopic (exact) mass is 344 g/mol. The highest BCUT2D eigenvalue weighted by atomic mass is 16.3. The zero-order valence-corrected chi connectivity index (χ0v) is 13.7. The summed E-state index contributed by atoms with van der Waals surface area (Å²) in [6, 6.07) is 11.0. The number of amidine groups is 2. The fourth-order valence-corrected chi connectivity index (χ4v) is 2.89. The molecular weight excluding hydrogens is 328 g/mol. The number of nitrogens with two attached hydrogens (primary N) is 2. The van der Waals surface area contributed by atoms with Crippen molar-refractivity contribution in [3.05, 3.63) is 71.6 Å². The highest BCUT2D eigenvalue weighted by molar-refractivity contribution is 6.02. The van der Waals surface area contributed by atoms with Crippen LogP contribution in [0.1, 0.15) is 22.6 Å². The molecule has 0 bridgehead atoms. The highest BCUT2D eigenvalue weighted by Crippen LogP contribution is 2.27. The lowest BCUT2D eigenvalue weighted by Gasteiger charge is -1.98. The van der Waals surface area contributed by atoms with Crippen molar-refractivity contribution in [2.24, 2.45) is 11.5 Å². The van der Waals surface area contributed by atoms with E-state index in [1.54, 1.807) is 24.7 Å². The molecule has 0 saturated carbocycles. The quantitative estimate of drug-likeness (QED) is 0.330. The molecule has 0 amide bonds. The van der Waals surface area contributed by atoms with Crippen LogP contribution >= 0.6 is 0 Å². The number of furan rings is 2. The number of nitrogen functional groups attached to an aromatic ring is 2. The van der Waals surface area contributed by atoms with E-state index in [4.69, 9.17) is 31.1 Å². The van der Waals surface area contributed by atoms with Crippen molar-refractivity contribution < 1.29 is 8.83 Å². The van der Waals surface area contributed by atoms with Gasteiger partial charge in [0, 0.05) is 32.7 Å². The summed E-state index contributed by atoms with van der Waals surface area (Å²) in [5.41, 5.74) is 12.4. The fraction of sp³-hybridized carbons (Fsp3) is 0. The maximum Gasteiger partial charge on any atom is 0.134 e. The van der Waals surface area contributed by atoms with Crippen LogP contribution in [-0.2, 0) is 0 Å². The Morgan fingerprint density at radius 3 is 1.54 bits per heavy atom. The van der Waals surface area contributed by atoms with Gasteiger partial charge in [0.15, 0.2) is 0 Å². The standard InChI is InChI=1S/C20H16N4O2/c21-19(22)11-1-3-15-13(7-11)9-25-17(15)5-6-18-16-4-2-12(20(23)24)8-14(16)10-26-18/h1-10H,(H3,21,22)(H3,23,24). The Labute approximate surface area is 148 Å². The van der Waals surface area contributed by atoms with E-state index in [1.807, 2.05) is 36.4 Å². The molecule has 0 saturated heterocycles. The van der Waals surface area contributed by atoms with Gasteiger partial charge in [0.25, 0.3) is 0 Å². The van der Waals surface area contributed by atoms with E-state index in [1.165, 1.54) is 0 Å². The van der Waals surface area contributed by atoms with Crippen LogP contribution in [0.25, 0.3) is 33.7 Å². The Balaban J connectivity index is 1.70. The molecule has 6 N–H and O–H groups in total. The molecular formula is C20H16N4O2. The summed E-state index contributed by atoms with van der Waals surface area (Å²) in [6.45, 7) is 0. The van der Waals surface area contributed by atoms with Gasteiger partial charge in [0.05, 0.1) is 12.5 Å². The van der Waals surface area contributed by atoms with E-state index in [9.17, 15) is 0 Å². The molecule has 0 radical (unpaired) electrons. The smallest absolute Gasteiger partial charge is 0.134 e. The maximum absolute atomic E-state index is 7.51. The summed E-state index contributed by atoms with van der Waals surface area (Å²) in [5.74, 6) is 1.44. The van der Waals surface area contributed by atoms with Crippen LogP contribution in [0.3, 0.4) is 0 Å². The van der Waals surface area contributed by atoms with Gasteiger partial charge in [-0.1, -0.05) is 12.1 Å². The molecule has 0 aliphatic carbocycles. The van der Waals surface area contributed by atoms with Gasteiger partial charge < -0.3 is 20.3 Å². The van der Waals surface area contributed by atoms with Crippen LogP contribution in [0, 0.1) is 10.8 Å². The van der Waals surface area contributed by atoms with E-state index < -0.39 is 0 Å². The molecule has 26 heavy (non-hydrogen) atoms. The Morgan fingerprint density at radius 2 is 1.15 bits per heavy atom. The second-order valence-electron chi connectivity index (χ2n) is 5.96. The summed E-state index contributed by atoms with van der Waals surface area (Å²) in [6.07, 6.45) is 6.96. The Kier molecular flexibility index (Phi) is 3.58. The number of hydrogen-bond donors (Lipinski definition) is 4. The van der Waals surface area contributed by atoms with Gasteiger partial charge in [0.2, 0.25) is 0 Å². The lowest BCUT2D eigenvalue weighted by Crippen LogP contribution is -2.10. The van der Waals surface area contributed by atoms with Crippen LogP contribution in [0.5, 0.6) is 0 Å². The number of hydrogen-bond acceptors (Lipinski definition) is 4. The molecule has 6 heteroatoms. The molecule has 2 aromatic heterocycles. The maximum atomic E-state index is 7.51. The van der Waals surface area contributed by atoms with Gasteiger partial charge in [-0.15, -0.1) is 0 Å². The highest BCUT2D eigenvalue weighted by Gasteiger charge is 2.08. The second-order valence-corrected chi connectivity index (χ2v) is 5.96. The van der Waals surface area contributed by atoms with Crippen LogP contribution in [0.4, 0.5) is 0 Å². The van der Waals surface area contributed by atoms with Gasteiger partial charge in [0.1, 0.15) is 23.2 Å². The number of nitrogens with one attached hydrogen (secondary N) is 2. The average molecular weight is 344 g/mol. The first kappa shape index (κ1) is 15.7. The van der Waals surface area contributed by atoms with Crippen LogP contribution in [0.2, 0.25) is 0 Å². The Bertz CT molecular complexity index is 1100. The molecule has 0 fully saturated rings. The average Bonchev–Trinajstić information content (AvgIpc) is 3.22. The zero-order chi connectivity index (χ0) is 18.3. The first-order valence-electron chi connectivity index (χ1n) is 7.92. The second kappa shape index (κ2) is 5.93. The minimum Gasteiger partial charge on any atom is -0.464 e. The molecule has 4 rings (SSSR count). The molecule has 128 valence electrons. The number of benzene rings is 2. The molecule has 0 aliphatic rings. The van der Waals surface area contributed by atoms with E-state index in [2.05, 4.69) is 0 Å². The van der Waals surface area contributed by atoms with Crippen molar-refractivity contribution in [3.8, 4) is 0 Å². The predicted molar refractivity (Wildman–Crippen MR) is 103 cm³/mol.